The van der Waals surface area contributed by atoms with Crippen molar-refractivity contribution in [3.8, 4) is 11.1 Å². The minimum Gasteiger partial charge on any atom is -0.480 e. The second-order valence-corrected chi connectivity index (χ2v) is 12.6. The molecule has 0 aliphatic heterocycles. The zero-order chi connectivity index (χ0) is 29.7. The van der Waals surface area contributed by atoms with Gasteiger partial charge in [0.15, 0.2) is 0 Å². The highest BCUT2D eigenvalue weighted by molar-refractivity contribution is 7.89. The number of aliphatic carboxylic acids is 1. The molecule has 0 amide bonds. The van der Waals surface area contributed by atoms with E-state index in [9.17, 15) is 18.3 Å². The van der Waals surface area contributed by atoms with Crippen LogP contribution >= 0.6 is 0 Å². The second-order valence-electron chi connectivity index (χ2n) is 10.6. The van der Waals surface area contributed by atoms with Crippen LogP contribution in [0.2, 0.25) is 0 Å². The van der Waals surface area contributed by atoms with Crippen LogP contribution in [0.25, 0.3) is 22.1 Å². The molecule has 0 spiro atoms. The van der Waals surface area contributed by atoms with Crippen molar-refractivity contribution in [2.45, 2.75) is 50.0 Å². The topological polar surface area (TPSA) is 87.8 Å². The van der Waals surface area contributed by atoms with Gasteiger partial charge in [-0.15, -0.1) is 0 Å². The van der Waals surface area contributed by atoms with Crippen LogP contribution in [0.5, 0.6) is 0 Å². The summed E-state index contributed by atoms with van der Waals surface area (Å²) in [5.74, 6) is -0.139. The maximum Gasteiger partial charge on any atom is 0.322 e. The number of rotatable bonds is 12. The van der Waals surface area contributed by atoms with Crippen molar-refractivity contribution in [1.29, 1.82) is 0 Å². The molecule has 1 N–H and O–H groups in total. The Hall–Kier alpha value is -4.20. The van der Waals surface area contributed by atoms with Gasteiger partial charge < -0.3 is 9.52 Å². The Morgan fingerprint density at radius 1 is 0.833 bits per heavy atom. The number of carbonyl (C=O) groups is 1. The van der Waals surface area contributed by atoms with Gasteiger partial charge in [0.25, 0.3) is 0 Å². The van der Waals surface area contributed by atoms with Gasteiger partial charge in [0, 0.05) is 30.8 Å². The zero-order valence-corrected chi connectivity index (χ0v) is 24.7. The molecule has 0 aliphatic carbocycles. The number of hydrogen-bond donors (Lipinski definition) is 1. The van der Waals surface area contributed by atoms with Crippen molar-refractivity contribution in [2.75, 3.05) is 7.05 Å². The van der Waals surface area contributed by atoms with Crippen molar-refractivity contribution in [1.82, 2.24) is 4.31 Å². The summed E-state index contributed by atoms with van der Waals surface area (Å²) in [6.07, 6.45) is 3.95. The number of unbranched alkanes of at least 4 members (excludes halogenated alkanes) is 1. The Bertz CT molecular complexity index is 1760. The molecule has 0 aliphatic rings. The molecular weight excluding hydrogens is 546 g/mol. The number of furan rings is 1. The SMILES string of the molecule is CCCCc1oc2ccccc2c1Cc1ccc(-c2ccc(S(=O)(=O)N(C)[C@@H](Cc3ccccc3)C(=O)O)cc2)cc1. The quantitative estimate of drug-likeness (QED) is 0.166. The Labute approximate surface area is 247 Å². The van der Waals surface area contributed by atoms with Crippen LogP contribution in [0.4, 0.5) is 0 Å². The van der Waals surface area contributed by atoms with Crippen LogP contribution in [-0.2, 0) is 34.1 Å². The smallest absolute Gasteiger partial charge is 0.322 e. The van der Waals surface area contributed by atoms with Gasteiger partial charge in [0.2, 0.25) is 10.0 Å². The summed E-state index contributed by atoms with van der Waals surface area (Å²) in [5, 5.41) is 11.0. The molecule has 1 aromatic heterocycles. The molecule has 7 heteroatoms. The lowest BCUT2D eigenvalue weighted by molar-refractivity contribution is -0.141. The third-order valence-corrected chi connectivity index (χ3v) is 9.62. The summed E-state index contributed by atoms with van der Waals surface area (Å²) in [4.78, 5) is 12.1. The minimum atomic E-state index is -4.02. The second kappa shape index (κ2) is 12.8. The Morgan fingerprint density at radius 2 is 1.45 bits per heavy atom. The van der Waals surface area contributed by atoms with Gasteiger partial charge in [0.1, 0.15) is 17.4 Å². The van der Waals surface area contributed by atoms with Gasteiger partial charge in [-0.05, 0) is 53.3 Å². The molecule has 0 saturated heterocycles. The monoisotopic (exact) mass is 581 g/mol. The van der Waals surface area contributed by atoms with E-state index in [1.165, 1.54) is 30.3 Å². The number of sulfonamides is 1. The molecule has 4 aromatic carbocycles. The number of aryl methyl sites for hydroxylation is 1. The standard InChI is InChI=1S/C35H35NO5S/c1-3-4-13-34-31(30-12-8-9-14-33(30)41-34)23-26-15-17-27(18-16-26)28-19-21-29(22-20-28)42(39,40)36(2)32(35(37)38)24-25-10-6-5-7-11-25/h5-12,14-22,32H,3-4,13,23-24H2,1-2H3,(H,37,38)/t32-/m0/s1. The van der Waals surface area contributed by atoms with E-state index in [0.29, 0.717) is 0 Å². The summed E-state index contributed by atoms with van der Waals surface area (Å²) in [6, 6.07) is 30.8. The lowest BCUT2D eigenvalue weighted by Crippen LogP contribution is -2.43. The number of para-hydroxylation sites is 1. The summed E-state index contributed by atoms with van der Waals surface area (Å²) in [5.41, 5.74) is 5.92. The largest absolute Gasteiger partial charge is 0.480 e. The average Bonchev–Trinajstić information content (AvgIpc) is 3.36. The number of hydrogen-bond acceptors (Lipinski definition) is 4. The molecular formula is C35H35NO5S. The zero-order valence-electron chi connectivity index (χ0n) is 23.9. The van der Waals surface area contributed by atoms with E-state index in [0.717, 1.165) is 63.4 Å². The number of benzene rings is 4. The van der Waals surface area contributed by atoms with Crippen LogP contribution in [0, 0.1) is 0 Å². The number of nitrogens with zero attached hydrogens (tertiary/aromatic N) is 1. The summed E-state index contributed by atoms with van der Waals surface area (Å²) >= 11 is 0. The van der Waals surface area contributed by atoms with Gasteiger partial charge in [-0.3, -0.25) is 4.79 Å². The van der Waals surface area contributed by atoms with Crippen molar-refractivity contribution < 1.29 is 22.7 Å². The van der Waals surface area contributed by atoms with E-state index < -0.39 is 22.0 Å². The van der Waals surface area contributed by atoms with Gasteiger partial charge in [-0.2, -0.15) is 4.31 Å². The molecule has 1 atom stereocenters. The van der Waals surface area contributed by atoms with Crippen LogP contribution in [-0.4, -0.2) is 36.9 Å². The first-order chi connectivity index (χ1) is 20.3. The van der Waals surface area contributed by atoms with Crippen molar-refractivity contribution in [2.24, 2.45) is 0 Å². The third-order valence-electron chi connectivity index (χ3n) is 7.73. The van der Waals surface area contributed by atoms with E-state index in [4.69, 9.17) is 4.42 Å². The number of carboxylic acids is 1. The Kier molecular flexibility index (Phi) is 8.90. The third kappa shape index (κ3) is 6.32. The lowest BCUT2D eigenvalue weighted by Gasteiger charge is -2.24. The number of fused-ring (bicyclic) bond motifs is 1. The lowest BCUT2D eigenvalue weighted by atomic mass is 9.97. The van der Waals surface area contributed by atoms with Gasteiger partial charge >= 0.3 is 5.97 Å². The molecule has 0 unspecified atom stereocenters. The normalized spacial score (nSPS) is 12.5. The fourth-order valence-electron chi connectivity index (χ4n) is 5.26. The molecule has 216 valence electrons. The fraction of sp³-hybridized carbons (Fsp3) is 0.229. The van der Waals surface area contributed by atoms with Crippen LogP contribution in [0.3, 0.4) is 0 Å². The first-order valence-electron chi connectivity index (χ1n) is 14.2. The Morgan fingerprint density at radius 3 is 2.10 bits per heavy atom. The minimum absolute atomic E-state index is 0.0520. The molecule has 5 rings (SSSR count). The number of likely N-dealkylation sites (N-methyl/N-ethyl adjacent to an activating group) is 1. The first-order valence-corrected chi connectivity index (χ1v) is 15.7. The predicted octanol–water partition coefficient (Wildman–Crippen LogP) is 7.35. The van der Waals surface area contributed by atoms with Crippen molar-refractivity contribution in [3.63, 3.8) is 0 Å². The van der Waals surface area contributed by atoms with Crippen molar-refractivity contribution >= 4 is 27.0 Å². The first kappa shape index (κ1) is 29.3. The van der Waals surface area contributed by atoms with E-state index in [-0.39, 0.29) is 11.3 Å². The highest BCUT2D eigenvalue weighted by Crippen LogP contribution is 2.30. The molecule has 6 nitrogen and oxygen atoms in total. The van der Waals surface area contributed by atoms with Crippen LogP contribution < -0.4 is 0 Å². The van der Waals surface area contributed by atoms with E-state index in [1.807, 2.05) is 36.4 Å². The van der Waals surface area contributed by atoms with Gasteiger partial charge in [0.05, 0.1) is 4.90 Å². The maximum atomic E-state index is 13.4. The molecule has 0 radical (unpaired) electrons. The van der Waals surface area contributed by atoms with Crippen LogP contribution in [0.15, 0.2) is 112 Å². The van der Waals surface area contributed by atoms with E-state index in [2.05, 4.69) is 25.1 Å². The molecule has 1 heterocycles. The summed E-state index contributed by atoms with van der Waals surface area (Å²) < 4.78 is 33.8. The molecule has 0 saturated carbocycles. The van der Waals surface area contributed by atoms with Gasteiger partial charge in [-0.1, -0.05) is 98.3 Å². The fourth-order valence-corrected chi connectivity index (χ4v) is 6.58. The molecule has 0 bridgehead atoms. The molecule has 42 heavy (non-hydrogen) atoms. The molecule has 5 aromatic rings. The summed E-state index contributed by atoms with van der Waals surface area (Å²) in [7, 11) is -2.70. The average molecular weight is 582 g/mol. The van der Waals surface area contributed by atoms with Crippen LogP contribution in [0.1, 0.15) is 42.2 Å². The van der Waals surface area contributed by atoms with Gasteiger partial charge in [-0.25, -0.2) is 8.42 Å². The number of carboxylic acid groups (broad SMARTS) is 1. The highest BCUT2D eigenvalue weighted by Gasteiger charge is 2.33. The molecule has 0 fully saturated rings. The van der Waals surface area contributed by atoms with E-state index in [1.54, 1.807) is 36.4 Å². The summed E-state index contributed by atoms with van der Waals surface area (Å²) in [6.45, 7) is 2.18. The predicted molar refractivity (Wildman–Crippen MR) is 166 cm³/mol. The van der Waals surface area contributed by atoms with Crippen molar-refractivity contribution in [3.05, 3.63) is 126 Å². The maximum absolute atomic E-state index is 13.4. The highest BCUT2D eigenvalue weighted by atomic mass is 32.2. The Balaban J connectivity index is 1.32. The van der Waals surface area contributed by atoms with E-state index >= 15 is 0 Å².